The smallest absolute Gasteiger partial charge is 0.225 e. The molecule has 0 saturated heterocycles. The van der Waals surface area contributed by atoms with Crippen LogP contribution in [-0.4, -0.2) is 22.4 Å². The number of halogens is 1. The van der Waals surface area contributed by atoms with Crippen LogP contribution in [0.1, 0.15) is 12.0 Å². The number of methoxy groups -OCH3 is 1. The number of imidazole rings is 1. The molecule has 7 heteroatoms. The van der Waals surface area contributed by atoms with Crippen molar-refractivity contribution in [3.63, 3.8) is 0 Å². The van der Waals surface area contributed by atoms with Gasteiger partial charge in [-0.25, -0.2) is 9.37 Å². The minimum atomic E-state index is -0.310. The Hall–Kier alpha value is -3.19. The zero-order chi connectivity index (χ0) is 19.5. The zero-order valence-corrected chi connectivity index (χ0v) is 16.0. The summed E-state index contributed by atoms with van der Waals surface area (Å²) in [4.78, 5) is 17.9. The second kappa shape index (κ2) is 7.82. The molecule has 0 atom stereocenters. The number of amides is 1. The van der Waals surface area contributed by atoms with Crippen LogP contribution in [0.2, 0.25) is 0 Å². The largest absolute Gasteiger partial charge is 0.497 e. The van der Waals surface area contributed by atoms with E-state index in [9.17, 15) is 9.18 Å². The Morgan fingerprint density at radius 1 is 1.18 bits per heavy atom. The van der Waals surface area contributed by atoms with Crippen LogP contribution in [0, 0.1) is 5.82 Å². The average molecular weight is 395 g/mol. The van der Waals surface area contributed by atoms with Gasteiger partial charge in [0.05, 0.1) is 7.11 Å². The third-order valence-electron chi connectivity index (χ3n) is 4.44. The Labute approximate surface area is 165 Å². The molecule has 0 spiro atoms. The molecule has 1 N–H and O–H groups in total. The van der Waals surface area contributed by atoms with E-state index >= 15 is 0 Å². The SMILES string of the molecule is COc1ccc(CCC(=O)Nc2c(-c3ccc(F)cc3)nc3sccn23)cc1. The maximum atomic E-state index is 13.3. The standard InChI is InChI=1S/C21H18FN3O2S/c1-27-17-9-2-14(3-10-17)4-11-18(26)23-20-19(15-5-7-16(22)8-6-15)24-21-25(20)12-13-28-21/h2-3,5-10,12-13H,4,11H2,1H3,(H,23,26). The quantitative estimate of drug-likeness (QED) is 0.511. The fourth-order valence-electron chi connectivity index (χ4n) is 2.96. The van der Waals surface area contributed by atoms with Crippen LogP contribution in [0.25, 0.3) is 16.2 Å². The van der Waals surface area contributed by atoms with Crippen molar-refractivity contribution in [3.8, 4) is 17.0 Å². The van der Waals surface area contributed by atoms with Gasteiger partial charge in [-0.1, -0.05) is 12.1 Å². The molecule has 0 radical (unpaired) electrons. The van der Waals surface area contributed by atoms with Gasteiger partial charge in [-0.15, -0.1) is 11.3 Å². The predicted octanol–water partition coefficient (Wildman–Crippen LogP) is 4.78. The molecule has 0 aliphatic carbocycles. The number of carbonyl (C=O) groups excluding carboxylic acids is 1. The van der Waals surface area contributed by atoms with Crippen molar-refractivity contribution < 1.29 is 13.9 Å². The van der Waals surface area contributed by atoms with Gasteiger partial charge in [0, 0.05) is 23.6 Å². The van der Waals surface area contributed by atoms with Crippen molar-refractivity contribution in [2.45, 2.75) is 12.8 Å². The van der Waals surface area contributed by atoms with E-state index in [1.165, 1.54) is 23.5 Å². The van der Waals surface area contributed by atoms with Crippen molar-refractivity contribution in [1.29, 1.82) is 0 Å². The monoisotopic (exact) mass is 395 g/mol. The van der Waals surface area contributed by atoms with Crippen LogP contribution in [-0.2, 0) is 11.2 Å². The molecule has 142 valence electrons. The van der Waals surface area contributed by atoms with Crippen LogP contribution >= 0.6 is 11.3 Å². The molecule has 28 heavy (non-hydrogen) atoms. The fraction of sp³-hybridized carbons (Fsp3) is 0.143. The number of carbonyl (C=O) groups is 1. The number of nitrogens with zero attached hydrogens (tertiary/aromatic N) is 2. The molecule has 4 rings (SSSR count). The summed E-state index contributed by atoms with van der Waals surface area (Å²) in [6, 6.07) is 13.8. The molecule has 0 unspecified atom stereocenters. The normalized spacial score (nSPS) is 10.9. The molecule has 2 aromatic carbocycles. The molecule has 0 aliphatic heterocycles. The highest BCUT2D eigenvalue weighted by Crippen LogP contribution is 2.31. The summed E-state index contributed by atoms with van der Waals surface area (Å²) in [6.45, 7) is 0. The van der Waals surface area contributed by atoms with Gasteiger partial charge in [0.2, 0.25) is 5.91 Å². The number of hydrogen-bond donors (Lipinski definition) is 1. The van der Waals surface area contributed by atoms with E-state index in [0.29, 0.717) is 24.4 Å². The first-order valence-corrected chi connectivity index (χ1v) is 9.66. The summed E-state index contributed by atoms with van der Waals surface area (Å²) >= 11 is 1.48. The van der Waals surface area contributed by atoms with E-state index in [4.69, 9.17) is 4.74 Å². The number of thiazole rings is 1. The number of aryl methyl sites for hydroxylation is 1. The number of benzene rings is 2. The summed E-state index contributed by atoms with van der Waals surface area (Å²) in [6.07, 6.45) is 2.82. The van der Waals surface area contributed by atoms with Crippen LogP contribution < -0.4 is 10.1 Å². The first-order valence-electron chi connectivity index (χ1n) is 8.78. The van der Waals surface area contributed by atoms with Crippen molar-refractivity contribution in [3.05, 3.63) is 71.5 Å². The van der Waals surface area contributed by atoms with E-state index in [1.807, 2.05) is 40.2 Å². The Bertz CT molecular complexity index is 1100. The van der Waals surface area contributed by atoms with Gasteiger partial charge < -0.3 is 10.1 Å². The van der Waals surface area contributed by atoms with E-state index < -0.39 is 0 Å². The van der Waals surface area contributed by atoms with Gasteiger partial charge in [-0.05, 0) is 48.4 Å². The highest BCUT2D eigenvalue weighted by Gasteiger charge is 2.17. The summed E-state index contributed by atoms with van der Waals surface area (Å²) in [7, 11) is 1.62. The van der Waals surface area contributed by atoms with E-state index in [2.05, 4.69) is 10.3 Å². The van der Waals surface area contributed by atoms with Crippen molar-refractivity contribution in [1.82, 2.24) is 9.38 Å². The number of hydrogen-bond acceptors (Lipinski definition) is 4. The summed E-state index contributed by atoms with van der Waals surface area (Å²) in [5.74, 6) is 0.973. The van der Waals surface area contributed by atoms with Gasteiger partial charge in [0.25, 0.3) is 0 Å². The van der Waals surface area contributed by atoms with Crippen molar-refractivity contribution in [2.75, 3.05) is 12.4 Å². The molecular formula is C21H18FN3O2S. The van der Waals surface area contributed by atoms with Crippen LogP contribution in [0.3, 0.4) is 0 Å². The Morgan fingerprint density at radius 3 is 2.64 bits per heavy atom. The summed E-state index contributed by atoms with van der Waals surface area (Å²) in [5, 5.41) is 4.88. The minimum Gasteiger partial charge on any atom is -0.497 e. The van der Waals surface area contributed by atoms with Gasteiger partial charge in [-0.3, -0.25) is 9.20 Å². The second-order valence-corrected chi connectivity index (χ2v) is 7.14. The first-order chi connectivity index (χ1) is 13.6. The maximum Gasteiger partial charge on any atom is 0.225 e. The molecule has 4 aromatic rings. The lowest BCUT2D eigenvalue weighted by Crippen LogP contribution is -2.14. The molecule has 0 fully saturated rings. The van der Waals surface area contributed by atoms with Crippen LogP contribution in [0.5, 0.6) is 5.75 Å². The highest BCUT2D eigenvalue weighted by atomic mass is 32.1. The number of ether oxygens (including phenoxy) is 1. The zero-order valence-electron chi connectivity index (χ0n) is 15.2. The molecule has 1 amide bonds. The Balaban J connectivity index is 1.53. The first kappa shape index (κ1) is 18.2. The van der Waals surface area contributed by atoms with Gasteiger partial charge in [-0.2, -0.15) is 0 Å². The van der Waals surface area contributed by atoms with E-state index in [1.54, 1.807) is 19.2 Å². The Kier molecular flexibility index (Phi) is 5.08. The molecule has 0 aliphatic rings. The topological polar surface area (TPSA) is 55.6 Å². The lowest BCUT2D eigenvalue weighted by atomic mass is 10.1. The number of rotatable bonds is 6. The molecular weight excluding hydrogens is 377 g/mol. The number of nitrogens with one attached hydrogen (secondary N) is 1. The fourth-order valence-corrected chi connectivity index (χ4v) is 3.67. The lowest BCUT2D eigenvalue weighted by Gasteiger charge is -2.08. The summed E-state index contributed by atoms with van der Waals surface area (Å²) in [5.41, 5.74) is 2.44. The molecule has 0 bridgehead atoms. The van der Waals surface area contributed by atoms with Gasteiger partial charge >= 0.3 is 0 Å². The molecule has 0 saturated carbocycles. The third kappa shape index (κ3) is 3.75. The minimum absolute atomic E-state index is 0.104. The van der Waals surface area contributed by atoms with Crippen LogP contribution in [0.4, 0.5) is 10.2 Å². The second-order valence-electron chi connectivity index (χ2n) is 6.27. The average Bonchev–Trinajstić information content (AvgIpc) is 3.30. The van der Waals surface area contributed by atoms with E-state index in [0.717, 1.165) is 21.8 Å². The molecule has 2 heterocycles. The van der Waals surface area contributed by atoms with Gasteiger partial charge in [0.1, 0.15) is 23.1 Å². The highest BCUT2D eigenvalue weighted by molar-refractivity contribution is 7.15. The van der Waals surface area contributed by atoms with Crippen molar-refractivity contribution in [2.24, 2.45) is 0 Å². The maximum absolute atomic E-state index is 13.3. The summed E-state index contributed by atoms with van der Waals surface area (Å²) < 4.78 is 20.3. The predicted molar refractivity (Wildman–Crippen MR) is 108 cm³/mol. The van der Waals surface area contributed by atoms with Crippen LogP contribution in [0.15, 0.2) is 60.1 Å². The molecule has 5 nitrogen and oxygen atoms in total. The molecule has 2 aromatic heterocycles. The lowest BCUT2D eigenvalue weighted by molar-refractivity contribution is -0.116. The third-order valence-corrected chi connectivity index (χ3v) is 5.19. The number of aromatic nitrogens is 2. The Morgan fingerprint density at radius 2 is 1.93 bits per heavy atom. The van der Waals surface area contributed by atoms with E-state index in [-0.39, 0.29) is 11.7 Å². The number of anilines is 1. The number of fused-ring (bicyclic) bond motifs is 1. The van der Waals surface area contributed by atoms with Crippen molar-refractivity contribution >= 4 is 28.0 Å². The van der Waals surface area contributed by atoms with Gasteiger partial charge in [0.15, 0.2) is 4.96 Å².